The van der Waals surface area contributed by atoms with Crippen LogP contribution in [0, 0.1) is 0 Å². The Balaban J connectivity index is 2.13. The predicted octanol–water partition coefficient (Wildman–Crippen LogP) is 2.16. The van der Waals surface area contributed by atoms with Gasteiger partial charge < -0.3 is 9.47 Å². The second kappa shape index (κ2) is 5.12. The number of aryl methyl sites for hydroxylation is 1. The highest BCUT2D eigenvalue weighted by Gasteiger charge is 2.21. The summed E-state index contributed by atoms with van der Waals surface area (Å²) >= 11 is 0. The van der Waals surface area contributed by atoms with Gasteiger partial charge in [0.05, 0.1) is 5.56 Å². The molecule has 2 aromatic rings. The second-order valence-corrected chi connectivity index (χ2v) is 5.36. The van der Waals surface area contributed by atoms with Gasteiger partial charge in [-0.25, -0.2) is 0 Å². The molecule has 1 aliphatic rings. The van der Waals surface area contributed by atoms with E-state index in [0.29, 0.717) is 10.9 Å². The van der Waals surface area contributed by atoms with Gasteiger partial charge >= 0.3 is 0 Å². The van der Waals surface area contributed by atoms with E-state index in [0.717, 1.165) is 31.3 Å². The number of aromatic nitrogens is 1. The molecular weight excluding hydrogens is 252 g/mol. The molecular formula is C16H18N2O2. The molecule has 0 atom stereocenters. The lowest BCUT2D eigenvalue weighted by molar-refractivity contribution is 0.0725. The first-order chi connectivity index (χ1) is 9.68. The molecule has 1 amide bonds. The maximum absolute atomic E-state index is 12.7. The van der Waals surface area contributed by atoms with Crippen molar-refractivity contribution in [2.75, 3.05) is 13.1 Å². The number of rotatable bonds is 1. The Hall–Kier alpha value is -2.10. The van der Waals surface area contributed by atoms with Crippen molar-refractivity contribution < 1.29 is 4.79 Å². The summed E-state index contributed by atoms with van der Waals surface area (Å²) in [5, 5.41) is 1.36. The number of piperidine rings is 1. The summed E-state index contributed by atoms with van der Waals surface area (Å²) in [4.78, 5) is 26.7. The van der Waals surface area contributed by atoms with Crippen LogP contribution in [0.25, 0.3) is 10.8 Å². The number of hydrogen-bond donors (Lipinski definition) is 0. The SMILES string of the molecule is Cn1cc(C(=O)N2CCCCC2)c2ccccc2c1=O. The summed E-state index contributed by atoms with van der Waals surface area (Å²) in [6.07, 6.45) is 4.99. The molecule has 4 heteroatoms. The highest BCUT2D eigenvalue weighted by Crippen LogP contribution is 2.19. The van der Waals surface area contributed by atoms with Crippen LogP contribution in [0.5, 0.6) is 0 Å². The van der Waals surface area contributed by atoms with Crippen molar-refractivity contribution in [1.29, 1.82) is 0 Å². The van der Waals surface area contributed by atoms with Crippen LogP contribution in [0.1, 0.15) is 29.6 Å². The molecule has 0 radical (unpaired) electrons. The molecule has 0 saturated carbocycles. The summed E-state index contributed by atoms with van der Waals surface area (Å²) in [7, 11) is 1.70. The monoisotopic (exact) mass is 270 g/mol. The van der Waals surface area contributed by atoms with Gasteiger partial charge in [0.25, 0.3) is 11.5 Å². The predicted molar refractivity (Wildman–Crippen MR) is 78.9 cm³/mol. The third-order valence-corrected chi connectivity index (χ3v) is 3.96. The summed E-state index contributed by atoms with van der Waals surface area (Å²) in [6, 6.07) is 7.34. The average molecular weight is 270 g/mol. The Labute approximate surface area is 117 Å². The van der Waals surface area contributed by atoms with Gasteiger partial charge in [0.1, 0.15) is 0 Å². The molecule has 0 bridgehead atoms. The lowest BCUT2D eigenvalue weighted by Crippen LogP contribution is -2.36. The minimum atomic E-state index is -0.0594. The number of amides is 1. The Kier molecular flexibility index (Phi) is 3.30. The highest BCUT2D eigenvalue weighted by molar-refractivity contribution is 6.06. The first-order valence-electron chi connectivity index (χ1n) is 7.06. The van der Waals surface area contributed by atoms with Crippen LogP contribution in [0.3, 0.4) is 0 Å². The van der Waals surface area contributed by atoms with Crippen LogP contribution < -0.4 is 5.56 Å². The number of carbonyl (C=O) groups is 1. The van der Waals surface area contributed by atoms with Crippen molar-refractivity contribution in [3.63, 3.8) is 0 Å². The second-order valence-electron chi connectivity index (χ2n) is 5.36. The Morgan fingerprint density at radius 3 is 2.40 bits per heavy atom. The fourth-order valence-electron chi connectivity index (χ4n) is 2.85. The molecule has 0 unspecified atom stereocenters. The number of fused-ring (bicyclic) bond motifs is 1. The van der Waals surface area contributed by atoms with E-state index in [1.807, 2.05) is 23.1 Å². The summed E-state index contributed by atoms with van der Waals surface area (Å²) in [5.74, 6) is 0.0384. The molecule has 20 heavy (non-hydrogen) atoms. The van der Waals surface area contributed by atoms with E-state index >= 15 is 0 Å². The van der Waals surface area contributed by atoms with Gasteiger partial charge in [-0.15, -0.1) is 0 Å². The number of likely N-dealkylation sites (tertiary alicyclic amines) is 1. The quantitative estimate of drug-likeness (QED) is 0.797. The first-order valence-corrected chi connectivity index (χ1v) is 7.06. The molecule has 3 rings (SSSR count). The highest BCUT2D eigenvalue weighted by atomic mass is 16.2. The van der Waals surface area contributed by atoms with Crippen molar-refractivity contribution >= 4 is 16.7 Å². The van der Waals surface area contributed by atoms with Gasteiger partial charge in [0.2, 0.25) is 0 Å². The van der Waals surface area contributed by atoms with E-state index in [1.165, 1.54) is 11.0 Å². The third kappa shape index (κ3) is 2.11. The van der Waals surface area contributed by atoms with Crippen LogP contribution >= 0.6 is 0 Å². The topological polar surface area (TPSA) is 42.3 Å². The number of hydrogen-bond acceptors (Lipinski definition) is 2. The molecule has 0 N–H and O–H groups in total. The van der Waals surface area contributed by atoms with Crippen molar-refractivity contribution in [3.05, 3.63) is 46.4 Å². The van der Waals surface area contributed by atoms with Crippen LogP contribution in [0.2, 0.25) is 0 Å². The van der Waals surface area contributed by atoms with Gasteiger partial charge in [-0.3, -0.25) is 9.59 Å². The largest absolute Gasteiger partial charge is 0.339 e. The van der Waals surface area contributed by atoms with Gasteiger partial charge in [0, 0.05) is 37.1 Å². The molecule has 1 aliphatic heterocycles. The zero-order chi connectivity index (χ0) is 14.1. The van der Waals surface area contributed by atoms with Crippen molar-refractivity contribution in [2.45, 2.75) is 19.3 Å². The van der Waals surface area contributed by atoms with Gasteiger partial charge in [-0.1, -0.05) is 18.2 Å². The summed E-state index contributed by atoms with van der Waals surface area (Å²) in [6.45, 7) is 1.63. The lowest BCUT2D eigenvalue weighted by Gasteiger charge is -2.27. The van der Waals surface area contributed by atoms with E-state index in [4.69, 9.17) is 0 Å². The molecule has 2 heterocycles. The molecule has 1 aromatic carbocycles. The van der Waals surface area contributed by atoms with E-state index < -0.39 is 0 Å². The minimum Gasteiger partial charge on any atom is -0.339 e. The summed E-state index contributed by atoms with van der Waals surface area (Å²) < 4.78 is 1.50. The lowest BCUT2D eigenvalue weighted by atomic mass is 10.0. The Morgan fingerprint density at radius 2 is 1.70 bits per heavy atom. The zero-order valence-electron chi connectivity index (χ0n) is 11.6. The van der Waals surface area contributed by atoms with Crippen molar-refractivity contribution in [3.8, 4) is 0 Å². The van der Waals surface area contributed by atoms with Gasteiger partial charge in [-0.2, -0.15) is 0 Å². The zero-order valence-corrected chi connectivity index (χ0v) is 11.6. The maximum Gasteiger partial charge on any atom is 0.258 e. The van der Waals surface area contributed by atoms with Crippen molar-refractivity contribution in [1.82, 2.24) is 9.47 Å². The number of pyridine rings is 1. The van der Waals surface area contributed by atoms with E-state index in [1.54, 1.807) is 19.3 Å². The molecule has 4 nitrogen and oxygen atoms in total. The average Bonchev–Trinajstić information content (AvgIpc) is 2.51. The summed E-state index contributed by atoms with van der Waals surface area (Å²) in [5.41, 5.74) is 0.570. The van der Waals surface area contributed by atoms with Gasteiger partial charge in [0.15, 0.2) is 0 Å². The Bertz CT molecular complexity index is 712. The normalized spacial score (nSPS) is 15.6. The molecule has 0 spiro atoms. The number of benzene rings is 1. The first kappa shape index (κ1) is 12.9. The molecule has 1 aromatic heterocycles. The molecule has 104 valence electrons. The molecule has 1 saturated heterocycles. The maximum atomic E-state index is 12.7. The van der Waals surface area contributed by atoms with Gasteiger partial charge in [-0.05, 0) is 25.3 Å². The van der Waals surface area contributed by atoms with Crippen LogP contribution in [-0.2, 0) is 7.05 Å². The number of carbonyl (C=O) groups excluding carboxylic acids is 1. The smallest absolute Gasteiger partial charge is 0.258 e. The van der Waals surface area contributed by atoms with E-state index in [-0.39, 0.29) is 11.5 Å². The molecule has 0 aliphatic carbocycles. The van der Waals surface area contributed by atoms with Crippen LogP contribution in [0.4, 0.5) is 0 Å². The Morgan fingerprint density at radius 1 is 1.05 bits per heavy atom. The van der Waals surface area contributed by atoms with Crippen LogP contribution in [0.15, 0.2) is 35.3 Å². The minimum absolute atomic E-state index is 0.0384. The fraction of sp³-hybridized carbons (Fsp3) is 0.375. The van der Waals surface area contributed by atoms with Crippen molar-refractivity contribution in [2.24, 2.45) is 7.05 Å². The van der Waals surface area contributed by atoms with E-state index in [9.17, 15) is 9.59 Å². The number of nitrogens with zero attached hydrogens (tertiary/aromatic N) is 2. The third-order valence-electron chi connectivity index (χ3n) is 3.96. The standard InChI is InChI=1S/C16H18N2O2/c1-17-11-14(16(20)18-9-5-2-6-10-18)12-7-3-4-8-13(12)15(17)19/h3-4,7-8,11H,2,5-6,9-10H2,1H3. The fourth-order valence-corrected chi connectivity index (χ4v) is 2.85. The van der Waals surface area contributed by atoms with E-state index in [2.05, 4.69) is 0 Å². The van der Waals surface area contributed by atoms with Crippen LogP contribution in [-0.4, -0.2) is 28.5 Å². The molecule has 1 fully saturated rings.